The third kappa shape index (κ3) is 6.41. The second-order valence-electron chi connectivity index (χ2n) is 8.63. The van der Waals surface area contributed by atoms with Gasteiger partial charge in [-0.05, 0) is 46.5 Å². The highest BCUT2D eigenvalue weighted by atomic mass is 31.2. The number of phosphoric ester groups is 1. The van der Waals surface area contributed by atoms with Crippen molar-refractivity contribution in [1.29, 1.82) is 0 Å². The summed E-state index contributed by atoms with van der Waals surface area (Å²) < 4.78 is 47.0. The summed E-state index contributed by atoms with van der Waals surface area (Å²) in [5.74, 6) is 1.45. The van der Waals surface area contributed by atoms with E-state index in [1.54, 1.807) is 14.2 Å². The number of methoxy groups -OCH3 is 2. The highest BCUT2D eigenvalue weighted by Gasteiger charge is 2.40. The molecule has 1 atom stereocenters. The van der Waals surface area contributed by atoms with Crippen LogP contribution in [0.1, 0.15) is 28.4 Å². The van der Waals surface area contributed by atoms with Gasteiger partial charge in [-0.25, -0.2) is 4.57 Å². The van der Waals surface area contributed by atoms with Crippen LogP contribution in [-0.2, 0) is 28.5 Å². The lowest BCUT2D eigenvalue weighted by Crippen LogP contribution is -2.34. The predicted octanol–water partition coefficient (Wildman–Crippen LogP) is 7.17. The quantitative estimate of drug-likeness (QED) is 0.130. The Morgan fingerprint density at radius 1 is 0.615 bits per heavy atom. The minimum Gasteiger partial charge on any atom is -0.497 e. The molecule has 0 N–H and O–H groups in total. The average molecular weight is 549 g/mol. The van der Waals surface area contributed by atoms with Crippen molar-refractivity contribution >= 4 is 7.82 Å². The van der Waals surface area contributed by atoms with Crippen LogP contribution in [0, 0.1) is 0 Å². The third-order valence-corrected chi connectivity index (χ3v) is 7.91. The molecule has 0 spiro atoms. The molecule has 0 saturated heterocycles. The van der Waals surface area contributed by atoms with E-state index in [0.717, 1.165) is 33.8 Å². The van der Waals surface area contributed by atoms with E-state index >= 15 is 0 Å². The molecule has 0 radical (unpaired) electrons. The van der Waals surface area contributed by atoms with Crippen LogP contribution in [-0.4, -0.2) is 35.0 Å². The zero-order valence-electron chi connectivity index (χ0n) is 22.5. The molecule has 0 heterocycles. The molecule has 0 amide bonds. The number of hydrogen-bond acceptors (Lipinski definition) is 7. The molecule has 0 fully saturated rings. The summed E-state index contributed by atoms with van der Waals surface area (Å²) in [5.41, 5.74) is 2.33. The van der Waals surface area contributed by atoms with Gasteiger partial charge < -0.3 is 14.2 Å². The molecule has 0 aromatic heterocycles. The molecule has 0 aliphatic heterocycles. The Balaban J connectivity index is 1.87. The Bertz CT molecular complexity index is 1290. The minimum atomic E-state index is -3.84. The Hall–Kier alpha value is -3.45. The Morgan fingerprint density at radius 3 is 1.49 bits per heavy atom. The van der Waals surface area contributed by atoms with E-state index in [1.807, 2.05) is 109 Å². The summed E-state index contributed by atoms with van der Waals surface area (Å²) in [7, 11) is 2.00. The van der Waals surface area contributed by atoms with Crippen LogP contribution >= 0.6 is 7.82 Å². The Morgan fingerprint density at radius 2 is 1.05 bits per heavy atom. The number of rotatable bonds is 13. The van der Waals surface area contributed by atoms with Gasteiger partial charge in [0, 0.05) is 14.2 Å². The Labute approximate surface area is 229 Å². The van der Waals surface area contributed by atoms with E-state index < -0.39 is 19.5 Å². The first-order valence-corrected chi connectivity index (χ1v) is 13.9. The summed E-state index contributed by atoms with van der Waals surface area (Å²) >= 11 is 0. The third-order valence-electron chi connectivity index (χ3n) is 6.50. The molecule has 4 rings (SSSR count). The lowest BCUT2D eigenvalue weighted by atomic mass is 9.80. The molecule has 0 bridgehead atoms. The van der Waals surface area contributed by atoms with Gasteiger partial charge in [-0.15, -0.1) is 0 Å². The molecule has 39 heavy (non-hydrogen) atoms. The molecule has 204 valence electrons. The fourth-order valence-corrected chi connectivity index (χ4v) is 5.26. The van der Waals surface area contributed by atoms with Crippen molar-refractivity contribution in [2.45, 2.75) is 11.7 Å². The van der Waals surface area contributed by atoms with Crippen molar-refractivity contribution in [3.05, 3.63) is 131 Å². The number of phosphoric acid groups is 1. The molecule has 4 aromatic rings. The molecular formula is C31H33O7P. The molecular weight excluding hydrogens is 515 g/mol. The molecule has 4 aromatic carbocycles. The Kier molecular flexibility index (Phi) is 9.57. The van der Waals surface area contributed by atoms with Gasteiger partial charge in [0.15, 0.2) is 0 Å². The zero-order valence-corrected chi connectivity index (χ0v) is 23.4. The standard InChI is InChI=1S/C31H33O7P/c1-33-28-19-15-26(16-20-28)31(25-13-9-6-10-14-25,27-17-21-29(34-2)22-18-27)37-23-30(24-11-7-5-8-12-24)38-39(32,35-3)36-4/h5-22,30H,23H2,1-4H3. The zero-order chi connectivity index (χ0) is 27.7. The first-order valence-electron chi connectivity index (χ1n) is 12.4. The molecule has 0 saturated carbocycles. The SMILES string of the molecule is COc1ccc(C(OCC(OP(=O)(OC)OC)c2ccccc2)(c2ccccc2)c2ccc(OC)cc2)cc1. The summed E-state index contributed by atoms with van der Waals surface area (Å²) in [4.78, 5) is 0. The van der Waals surface area contributed by atoms with Gasteiger partial charge in [-0.3, -0.25) is 13.6 Å². The van der Waals surface area contributed by atoms with E-state index in [-0.39, 0.29) is 6.61 Å². The van der Waals surface area contributed by atoms with Crippen molar-refractivity contribution in [2.75, 3.05) is 35.0 Å². The topological polar surface area (TPSA) is 72.5 Å². The van der Waals surface area contributed by atoms with Crippen LogP contribution in [0.3, 0.4) is 0 Å². The summed E-state index contributed by atoms with van der Waals surface area (Å²) in [6.45, 7) is 0.0215. The van der Waals surface area contributed by atoms with Gasteiger partial charge in [0.05, 0.1) is 20.8 Å². The number of ether oxygens (including phenoxy) is 3. The molecule has 8 heteroatoms. The molecule has 0 aliphatic rings. The molecule has 1 unspecified atom stereocenters. The maximum atomic E-state index is 13.1. The normalized spacial score (nSPS) is 12.6. The van der Waals surface area contributed by atoms with Crippen LogP contribution in [0.15, 0.2) is 109 Å². The van der Waals surface area contributed by atoms with E-state index in [9.17, 15) is 4.57 Å². The van der Waals surface area contributed by atoms with Gasteiger partial charge in [-0.2, -0.15) is 0 Å². The van der Waals surface area contributed by atoms with Crippen molar-refractivity contribution in [3.63, 3.8) is 0 Å². The summed E-state index contributed by atoms with van der Waals surface area (Å²) in [5, 5.41) is 0. The van der Waals surface area contributed by atoms with E-state index in [0.29, 0.717) is 0 Å². The second kappa shape index (κ2) is 13.1. The highest BCUT2D eigenvalue weighted by molar-refractivity contribution is 7.48. The monoisotopic (exact) mass is 548 g/mol. The van der Waals surface area contributed by atoms with Crippen LogP contribution in [0.5, 0.6) is 11.5 Å². The van der Waals surface area contributed by atoms with E-state index in [4.69, 9.17) is 27.8 Å². The molecule has 0 aliphatic carbocycles. The van der Waals surface area contributed by atoms with Crippen molar-refractivity contribution in [2.24, 2.45) is 0 Å². The van der Waals surface area contributed by atoms with Gasteiger partial charge in [-0.1, -0.05) is 84.9 Å². The van der Waals surface area contributed by atoms with Crippen LogP contribution in [0.4, 0.5) is 0 Å². The largest absolute Gasteiger partial charge is 0.497 e. The number of hydrogen-bond donors (Lipinski definition) is 0. The first kappa shape index (κ1) is 28.6. The van der Waals surface area contributed by atoms with Gasteiger partial charge in [0.25, 0.3) is 0 Å². The summed E-state index contributed by atoms with van der Waals surface area (Å²) in [6, 6.07) is 34.9. The fourth-order valence-electron chi connectivity index (χ4n) is 4.45. The van der Waals surface area contributed by atoms with Crippen molar-refractivity contribution in [1.82, 2.24) is 0 Å². The second-order valence-corrected chi connectivity index (χ2v) is 10.5. The fraction of sp³-hybridized carbons (Fsp3) is 0.226. The van der Waals surface area contributed by atoms with Crippen LogP contribution in [0.25, 0.3) is 0 Å². The lowest BCUT2D eigenvalue weighted by molar-refractivity contribution is -0.0403. The predicted molar refractivity (Wildman–Crippen MR) is 150 cm³/mol. The van der Waals surface area contributed by atoms with Crippen LogP contribution in [0.2, 0.25) is 0 Å². The van der Waals surface area contributed by atoms with E-state index in [1.165, 1.54) is 14.2 Å². The lowest BCUT2D eigenvalue weighted by Gasteiger charge is -2.37. The van der Waals surface area contributed by atoms with Gasteiger partial charge in [0.2, 0.25) is 0 Å². The molecule has 7 nitrogen and oxygen atoms in total. The van der Waals surface area contributed by atoms with Crippen LogP contribution < -0.4 is 9.47 Å². The smallest absolute Gasteiger partial charge is 0.474 e. The first-order chi connectivity index (χ1) is 19.0. The summed E-state index contributed by atoms with van der Waals surface area (Å²) in [6.07, 6.45) is -0.767. The van der Waals surface area contributed by atoms with E-state index in [2.05, 4.69) is 0 Å². The number of benzene rings is 4. The van der Waals surface area contributed by atoms with Gasteiger partial charge in [0.1, 0.15) is 23.2 Å². The van der Waals surface area contributed by atoms with Gasteiger partial charge >= 0.3 is 7.82 Å². The maximum absolute atomic E-state index is 13.1. The maximum Gasteiger partial charge on any atom is 0.474 e. The highest BCUT2D eigenvalue weighted by Crippen LogP contribution is 2.52. The minimum absolute atomic E-state index is 0.0215. The van der Waals surface area contributed by atoms with Crippen molar-refractivity contribution in [3.8, 4) is 11.5 Å². The average Bonchev–Trinajstić information content (AvgIpc) is 3.02. The van der Waals surface area contributed by atoms with Crippen molar-refractivity contribution < 1.29 is 32.3 Å².